The molecule has 0 spiro atoms. The predicted molar refractivity (Wildman–Crippen MR) is 121 cm³/mol. The van der Waals surface area contributed by atoms with Gasteiger partial charge in [0, 0.05) is 36.9 Å². The number of ether oxygens (including phenoxy) is 1. The second-order valence-electron chi connectivity index (χ2n) is 6.76. The van der Waals surface area contributed by atoms with E-state index in [0.29, 0.717) is 11.5 Å². The van der Waals surface area contributed by atoms with Crippen LogP contribution in [0.5, 0.6) is 5.75 Å². The topological polar surface area (TPSA) is 45.1 Å². The SMILES string of the molecule is CCOc1ccc(/C=C2/SC(N3CCN(c4ccc(Cl)cc4)CC3)=NC2=O)cc1. The molecule has 2 heterocycles. The maximum Gasteiger partial charge on any atom is 0.286 e. The molecule has 1 fully saturated rings. The summed E-state index contributed by atoms with van der Waals surface area (Å²) in [6.45, 7) is 6.02. The summed E-state index contributed by atoms with van der Waals surface area (Å²) in [6, 6.07) is 15.6. The summed E-state index contributed by atoms with van der Waals surface area (Å²) in [5.41, 5.74) is 2.13. The normalized spacial score (nSPS) is 18.3. The molecule has 4 rings (SSSR count). The average Bonchev–Trinajstić information content (AvgIpc) is 3.11. The van der Waals surface area contributed by atoms with E-state index in [4.69, 9.17) is 16.3 Å². The molecular formula is C22H22ClN3O2S. The first-order valence-electron chi connectivity index (χ1n) is 9.63. The molecule has 1 amide bonds. The van der Waals surface area contributed by atoms with E-state index < -0.39 is 0 Å². The van der Waals surface area contributed by atoms with E-state index in [-0.39, 0.29) is 5.91 Å². The Kier molecular flexibility index (Phi) is 6.11. The maximum absolute atomic E-state index is 12.4. The predicted octanol–water partition coefficient (Wildman–Crippen LogP) is 4.53. The Balaban J connectivity index is 1.36. The highest BCUT2D eigenvalue weighted by atomic mass is 35.5. The van der Waals surface area contributed by atoms with Gasteiger partial charge in [0.1, 0.15) is 5.75 Å². The number of halogens is 1. The van der Waals surface area contributed by atoms with Gasteiger partial charge in [-0.1, -0.05) is 23.7 Å². The van der Waals surface area contributed by atoms with Crippen molar-refractivity contribution in [1.29, 1.82) is 0 Å². The van der Waals surface area contributed by atoms with E-state index in [1.54, 1.807) is 0 Å². The molecule has 2 aliphatic rings. The molecule has 0 N–H and O–H groups in total. The average molecular weight is 428 g/mol. The molecule has 150 valence electrons. The molecule has 0 radical (unpaired) electrons. The third-order valence-electron chi connectivity index (χ3n) is 4.84. The van der Waals surface area contributed by atoms with Gasteiger partial charge in [-0.25, -0.2) is 0 Å². The number of amidine groups is 1. The van der Waals surface area contributed by atoms with Gasteiger partial charge in [0.2, 0.25) is 0 Å². The minimum absolute atomic E-state index is 0.168. The third kappa shape index (κ3) is 4.77. The van der Waals surface area contributed by atoms with E-state index in [2.05, 4.69) is 14.8 Å². The van der Waals surface area contributed by atoms with Crippen molar-refractivity contribution in [3.63, 3.8) is 0 Å². The smallest absolute Gasteiger partial charge is 0.286 e. The minimum Gasteiger partial charge on any atom is -0.494 e. The first-order valence-corrected chi connectivity index (χ1v) is 10.8. The standard InChI is InChI=1S/C22H22ClN3O2S/c1-2-28-19-9-3-16(4-10-19)15-20-21(27)24-22(29-20)26-13-11-25(12-14-26)18-7-5-17(23)6-8-18/h3-10,15H,2,11-14H2,1H3/b20-15+. The van der Waals surface area contributed by atoms with Crippen molar-refractivity contribution in [2.45, 2.75) is 6.92 Å². The summed E-state index contributed by atoms with van der Waals surface area (Å²) in [5, 5.41) is 1.54. The molecule has 0 aliphatic carbocycles. The second kappa shape index (κ2) is 8.93. The van der Waals surface area contributed by atoms with Crippen LogP contribution in [-0.4, -0.2) is 48.8 Å². The van der Waals surface area contributed by atoms with Gasteiger partial charge in [-0.05, 0) is 66.7 Å². The van der Waals surface area contributed by atoms with Crippen molar-refractivity contribution < 1.29 is 9.53 Å². The van der Waals surface area contributed by atoms with Crippen molar-refractivity contribution in [2.24, 2.45) is 4.99 Å². The third-order valence-corrected chi connectivity index (χ3v) is 6.14. The van der Waals surface area contributed by atoms with Gasteiger partial charge in [0.05, 0.1) is 11.5 Å². The highest BCUT2D eigenvalue weighted by Gasteiger charge is 2.28. The molecule has 2 aliphatic heterocycles. The molecule has 2 aromatic carbocycles. The van der Waals surface area contributed by atoms with E-state index in [1.165, 1.54) is 17.4 Å². The fraction of sp³-hybridized carbons (Fsp3) is 0.273. The Morgan fingerprint density at radius 3 is 2.34 bits per heavy atom. The van der Waals surface area contributed by atoms with Crippen LogP contribution < -0.4 is 9.64 Å². The number of amides is 1. The molecule has 29 heavy (non-hydrogen) atoms. The zero-order valence-corrected chi connectivity index (χ0v) is 17.7. The van der Waals surface area contributed by atoms with Crippen LogP contribution in [0.4, 0.5) is 5.69 Å². The number of benzene rings is 2. The van der Waals surface area contributed by atoms with Crippen LogP contribution in [0.15, 0.2) is 58.4 Å². The second-order valence-corrected chi connectivity index (χ2v) is 8.21. The quantitative estimate of drug-likeness (QED) is 0.671. The summed E-state index contributed by atoms with van der Waals surface area (Å²) in [7, 11) is 0. The van der Waals surface area contributed by atoms with Crippen molar-refractivity contribution in [3.8, 4) is 5.75 Å². The number of anilines is 1. The van der Waals surface area contributed by atoms with E-state index >= 15 is 0 Å². The van der Waals surface area contributed by atoms with Gasteiger partial charge in [-0.2, -0.15) is 4.99 Å². The number of hydrogen-bond donors (Lipinski definition) is 0. The lowest BCUT2D eigenvalue weighted by molar-refractivity contribution is -0.113. The zero-order chi connectivity index (χ0) is 20.2. The summed E-state index contributed by atoms with van der Waals surface area (Å²) in [6.07, 6.45) is 1.89. The number of thioether (sulfide) groups is 1. The van der Waals surface area contributed by atoms with Gasteiger partial charge >= 0.3 is 0 Å². The van der Waals surface area contributed by atoms with Crippen molar-refractivity contribution in [2.75, 3.05) is 37.7 Å². The Bertz CT molecular complexity index is 934. The van der Waals surface area contributed by atoms with Crippen LogP contribution in [0.25, 0.3) is 6.08 Å². The Morgan fingerprint density at radius 1 is 1.03 bits per heavy atom. The van der Waals surface area contributed by atoms with E-state index in [1.807, 2.05) is 61.5 Å². The molecule has 0 aromatic heterocycles. The number of carbonyl (C=O) groups excluding carboxylic acids is 1. The molecule has 1 saturated heterocycles. The number of carbonyl (C=O) groups is 1. The van der Waals surface area contributed by atoms with Crippen molar-refractivity contribution in [1.82, 2.24) is 4.90 Å². The molecule has 0 atom stereocenters. The Morgan fingerprint density at radius 2 is 1.69 bits per heavy atom. The lowest BCUT2D eigenvalue weighted by atomic mass is 10.2. The first kappa shape index (κ1) is 19.9. The minimum atomic E-state index is -0.168. The largest absolute Gasteiger partial charge is 0.494 e. The Labute approximate surface area is 180 Å². The molecule has 0 saturated carbocycles. The fourth-order valence-electron chi connectivity index (χ4n) is 3.32. The van der Waals surface area contributed by atoms with Gasteiger partial charge < -0.3 is 14.5 Å². The number of aliphatic imine (C=N–C) groups is 1. The molecule has 5 nitrogen and oxygen atoms in total. The highest BCUT2D eigenvalue weighted by Crippen LogP contribution is 2.31. The molecule has 7 heteroatoms. The van der Waals surface area contributed by atoms with E-state index in [9.17, 15) is 4.79 Å². The van der Waals surface area contributed by atoms with Crippen molar-refractivity contribution in [3.05, 3.63) is 64.0 Å². The summed E-state index contributed by atoms with van der Waals surface area (Å²) >= 11 is 7.43. The lowest BCUT2D eigenvalue weighted by Crippen LogP contribution is -2.47. The summed E-state index contributed by atoms with van der Waals surface area (Å²) in [4.78, 5) is 21.8. The number of nitrogens with zero attached hydrogens (tertiary/aromatic N) is 3. The van der Waals surface area contributed by atoms with Gasteiger partial charge in [-0.3, -0.25) is 4.79 Å². The lowest BCUT2D eigenvalue weighted by Gasteiger charge is -2.36. The Hall–Kier alpha value is -2.44. The fourth-order valence-corrected chi connectivity index (χ4v) is 4.41. The number of piperazine rings is 1. The van der Waals surface area contributed by atoms with Crippen LogP contribution >= 0.6 is 23.4 Å². The monoisotopic (exact) mass is 427 g/mol. The van der Waals surface area contributed by atoms with Crippen LogP contribution in [0.3, 0.4) is 0 Å². The van der Waals surface area contributed by atoms with Crippen LogP contribution in [0.1, 0.15) is 12.5 Å². The van der Waals surface area contributed by atoms with Gasteiger partial charge in [-0.15, -0.1) is 0 Å². The zero-order valence-electron chi connectivity index (χ0n) is 16.2. The van der Waals surface area contributed by atoms with Crippen LogP contribution in [0.2, 0.25) is 5.02 Å². The summed E-state index contributed by atoms with van der Waals surface area (Å²) < 4.78 is 5.46. The van der Waals surface area contributed by atoms with E-state index in [0.717, 1.165) is 47.7 Å². The maximum atomic E-state index is 12.4. The molecule has 0 unspecified atom stereocenters. The molecule has 2 aromatic rings. The first-order chi connectivity index (χ1) is 14.1. The van der Waals surface area contributed by atoms with Crippen LogP contribution in [0, 0.1) is 0 Å². The van der Waals surface area contributed by atoms with Crippen LogP contribution in [-0.2, 0) is 4.79 Å². The number of rotatable bonds is 4. The number of hydrogen-bond acceptors (Lipinski definition) is 5. The molecule has 0 bridgehead atoms. The van der Waals surface area contributed by atoms with Crippen molar-refractivity contribution >= 4 is 46.2 Å². The van der Waals surface area contributed by atoms with Gasteiger partial charge in [0.15, 0.2) is 5.17 Å². The van der Waals surface area contributed by atoms with Gasteiger partial charge in [0.25, 0.3) is 5.91 Å². The summed E-state index contributed by atoms with van der Waals surface area (Å²) in [5.74, 6) is 0.662. The molecular weight excluding hydrogens is 406 g/mol. The highest BCUT2D eigenvalue weighted by molar-refractivity contribution is 8.18.